The van der Waals surface area contributed by atoms with Crippen LogP contribution in [0, 0.1) is 0 Å². The van der Waals surface area contributed by atoms with Gasteiger partial charge in [0.2, 0.25) is 0 Å². The molecule has 1 heterocycles. The van der Waals surface area contributed by atoms with Crippen LogP contribution < -0.4 is 17.7 Å². The number of nitrogens with zero attached hydrogens (tertiary/aromatic N) is 1. The minimum atomic E-state index is 0. The zero-order valence-corrected chi connectivity index (χ0v) is 10.7. The van der Waals surface area contributed by atoms with E-state index in [2.05, 4.69) is 10.3 Å². The number of hydrogen-bond donors (Lipinski definition) is 1. The molecule has 4 heteroatoms. The van der Waals surface area contributed by atoms with Crippen LogP contribution in [0.2, 0.25) is 5.02 Å². The number of nitrogens with one attached hydrogen (secondary N) is 1. The molecule has 2 aromatic rings. The van der Waals surface area contributed by atoms with Crippen molar-refractivity contribution in [2.75, 3.05) is 0 Å². The summed E-state index contributed by atoms with van der Waals surface area (Å²) in [6.45, 7) is 1.61. The second-order valence-corrected chi connectivity index (χ2v) is 3.96. The maximum atomic E-state index is 6.06. The molecule has 0 bridgehead atoms. The first kappa shape index (κ1) is 14.0. The Balaban J connectivity index is 0.00000144. The molecule has 0 unspecified atom stereocenters. The highest BCUT2D eigenvalue weighted by Gasteiger charge is 1.97. The molecular weight excluding hydrogens is 255 g/mol. The lowest BCUT2D eigenvalue weighted by atomic mass is 10.2. The van der Waals surface area contributed by atoms with Crippen LogP contribution in [0.5, 0.6) is 0 Å². The molecule has 2 rings (SSSR count). The topological polar surface area (TPSA) is 24.9 Å². The van der Waals surface area contributed by atoms with Crippen LogP contribution in [0.15, 0.2) is 48.8 Å². The lowest BCUT2D eigenvalue weighted by Gasteiger charge is -2.06. The van der Waals surface area contributed by atoms with E-state index < -0.39 is 0 Å². The fourth-order valence-electron chi connectivity index (χ4n) is 1.48. The van der Waals surface area contributed by atoms with E-state index in [4.69, 9.17) is 11.6 Å². The molecule has 2 nitrogen and oxygen atoms in total. The van der Waals surface area contributed by atoms with Gasteiger partial charge in [-0.15, -0.1) is 0 Å². The highest BCUT2D eigenvalue weighted by Crippen LogP contribution is 2.14. The van der Waals surface area contributed by atoms with E-state index in [1.54, 1.807) is 12.4 Å². The summed E-state index contributed by atoms with van der Waals surface area (Å²) < 4.78 is 0. The van der Waals surface area contributed by atoms with E-state index >= 15 is 0 Å². The van der Waals surface area contributed by atoms with Crippen molar-refractivity contribution in [1.82, 2.24) is 10.3 Å². The highest BCUT2D eigenvalue weighted by atomic mass is 35.5. The second kappa shape index (κ2) is 7.28. The normalized spacial score (nSPS) is 9.71. The fraction of sp³-hybridized carbons (Fsp3) is 0.154. The van der Waals surface area contributed by atoms with Crippen LogP contribution in [0.4, 0.5) is 0 Å². The Hall–Kier alpha value is -1.09. The Kier molecular flexibility index (Phi) is 5.98. The van der Waals surface area contributed by atoms with E-state index in [1.807, 2.05) is 36.4 Å². The van der Waals surface area contributed by atoms with E-state index in [-0.39, 0.29) is 12.4 Å². The van der Waals surface area contributed by atoms with Gasteiger partial charge >= 0.3 is 0 Å². The van der Waals surface area contributed by atoms with E-state index in [0.717, 1.165) is 23.7 Å². The molecule has 0 saturated carbocycles. The van der Waals surface area contributed by atoms with Crippen molar-refractivity contribution in [2.45, 2.75) is 13.1 Å². The lowest BCUT2D eigenvalue weighted by Crippen LogP contribution is -3.00. The number of benzene rings is 1. The molecule has 17 heavy (non-hydrogen) atoms. The maximum Gasteiger partial charge on any atom is 0.0450 e. The van der Waals surface area contributed by atoms with Gasteiger partial charge in [0.05, 0.1) is 0 Å². The Morgan fingerprint density at radius 2 is 1.71 bits per heavy atom. The lowest BCUT2D eigenvalue weighted by molar-refractivity contribution is -0.00000323. The molecule has 0 amide bonds. The van der Waals surface area contributed by atoms with Crippen molar-refractivity contribution in [3.63, 3.8) is 0 Å². The van der Waals surface area contributed by atoms with Gasteiger partial charge < -0.3 is 17.7 Å². The Morgan fingerprint density at radius 1 is 1.00 bits per heavy atom. The van der Waals surface area contributed by atoms with Gasteiger partial charge in [-0.1, -0.05) is 29.8 Å². The van der Waals surface area contributed by atoms with Gasteiger partial charge in [-0.3, -0.25) is 4.98 Å². The largest absolute Gasteiger partial charge is 1.00 e. The molecule has 1 aromatic heterocycles. The van der Waals surface area contributed by atoms with Gasteiger partial charge in [0.25, 0.3) is 0 Å². The number of hydrogen-bond acceptors (Lipinski definition) is 2. The standard InChI is InChI=1S/C13H13ClN2.ClH/c14-13-4-2-1-3-12(13)10-16-9-11-5-7-15-8-6-11;/h1-8,16H,9-10H2;1H/p-1. The maximum absolute atomic E-state index is 6.06. The van der Waals surface area contributed by atoms with Crippen molar-refractivity contribution >= 4 is 11.6 Å². The summed E-state index contributed by atoms with van der Waals surface area (Å²) in [6, 6.07) is 11.9. The summed E-state index contributed by atoms with van der Waals surface area (Å²) in [5.74, 6) is 0. The van der Waals surface area contributed by atoms with Crippen LogP contribution in [0.3, 0.4) is 0 Å². The molecule has 0 aliphatic heterocycles. The molecule has 1 aromatic carbocycles. The average molecular weight is 268 g/mol. The van der Waals surface area contributed by atoms with Crippen molar-refractivity contribution in [3.05, 3.63) is 64.9 Å². The zero-order valence-electron chi connectivity index (χ0n) is 9.24. The number of pyridine rings is 1. The first-order chi connectivity index (χ1) is 7.86. The monoisotopic (exact) mass is 267 g/mol. The summed E-state index contributed by atoms with van der Waals surface area (Å²) in [5, 5.41) is 4.16. The summed E-state index contributed by atoms with van der Waals surface area (Å²) in [4.78, 5) is 3.98. The molecule has 90 valence electrons. The minimum absolute atomic E-state index is 0. The number of halogens is 2. The predicted molar refractivity (Wildman–Crippen MR) is 66.2 cm³/mol. The molecule has 1 N–H and O–H groups in total. The molecule has 0 saturated heterocycles. The highest BCUT2D eigenvalue weighted by molar-refractivity contribution is 6.31. The summed E-state index contributed by atoms with van der Waals surface area (Å²) in [6.07, 6.45) is 3.60. The first-order valence-electron chi connectivity index (χ1n) is 5.19. The van der Waals surface area contributed by atoms with Crippen molar-refractivity contribution < 1.29 is 12.4 Å². The van der Waals surface area contributed by atoms with Gasteiger partial charge in [0, 0.05) is 30.5 Å². The SMILES string of the molecule is Clc1ccccc1CNCc1ccncc1.[Cl-]. The Morgan fingerprint density at radius 3 is 2.41 bits per heavy atom. The van der Waals surface area contributed by atoms with Gasteiger partial charge in [-0.2, -0.15) is 0 Å². The van der Waals surface area contributed by atoms with Gasteiger partial charge in [0.15, 0.2) is 0 Å². The van der Waals surface area contributed by atoms with Gasteiger partial charge in [0.1, 0.15) is 0 Å². The molecule has 0 radical (unpaired) electrons. The Labute approximate surface area is 112 Å². The minimum Gasteiger partial charge on any atom is -1.00 e. The van der Waals surface area contributed by atoms with Crippen LogP contribution >= 0.6 is 11.6 Å². The van der Waals surface area contributed by atoms with Crippen LogP contribution in [0.25, 0.3) is 0 Å². The molecular formula is C13H13Cl2N2-. The molecule has 0 aliphatic rings. The third kappa shape index (κ3) is 4.35. The summed E-state index contributed by atoms with van der Waals surface area (Å²) in [7, 11) is 0. The predicted octanol–water partition coefficient (Wildman–Crippen LogP) is 0.0288. The fourth-order valence-corrected chi connectivity index (χ4v) is 1.69. The zero-order chi connectivity index (χ0) is 11.2. The van der Waals surface area contributed by atoms with E-state index in [1.165, 1.54) is 5.56 Å². The number of aromatic nitrogens is 1. The van der Waals surface area contributed by atoms with Crippen molar-refractivity contribution in [1.29, 1.82) is 0 Å². The molecule has 0 atom stereocenters. The van der Waals surface area contributed by atoms with Crippen molar-refractivity contribution in [3.8, 4) is 0 Å². The van der Waals surface area contributed by atoms with Crippen LogP contribution in [-0.4, -0.2) is 4.98 Å². The Bertz CT molecular complexity index is 446. The summed E-state index contributed by atoms with van der Waals surface area (Å²) >= 11 is 6.06. The number of rotatable bonds is 4. The molecule has 0 aliphatic carbocycles. The van der Waals surface area contributed by atoms with Crippen molar-refractivity contribution in [2.24, 2.45) is 0 Å². The first-order valence-corrected chi connectivity index (χ1v) is 5.57. The third-order valence-corrected chi connectivity index (χ3v) is 2.72. The van der Waals surface area contributed by atoms with Gasteiger partial charge in [-0.05, 0) is 29.3 Å². The quantitative estimate of drug-likeness (QED) is 0.846. The second-order valence-electron chi connectivity index (χ2n) is 3.55. The van der Waals surface area contributed by atoms with Crippen LogP contribution in [0.1, 0.15) is 11.1 Å². The van der Waals surface area contributed by atoms with E-state index in [9.17, 15) is 0 Å². The smallest absolute Gasteiger partial charge is 0.0450 e. The molecule has 0 spiro atoms. The van der Waals surface area contributed by atoms with E-state index in [0.29, 0.717) is 0 Å². The molecule has 0 fully saturated rings. The average Bonchev–Trinajstić information content (AvgIpc) is 2.33. The van der Waals surface area contributed by atoms with Crippen LogP contribution in [-0.2, 0) is 13.1 Å². The summed E-state index contributed by atoms with van der Waals surface area (Å²) in [5.41, 5.74) is 2.35. The van der Waals surface area contributed by atoms with Gasteiger partial charge in [-0.25, -0.2) is 0 Å². The third-order valence-electron chi connectivity index (χ3n) is 2.35.